The quantitative estimate of drug-likeness (QED) is 0.246. The minimum atomic E-state index is -4.27. The largest absolute Gasteiger partial charge is 0.493 e. The van der Waals surface area contributed by atoms with E-state index >= 15 is 0 Å². The van der Waals surface area contributed by atoms with Gasteiger partial charge in [0.1, 0.15) is 4.90 Å². The molecule has 0 spiro atoms. The maximum Gasteiger partial charge on any atom is 0.339 e. The lowest BCUT2D eigenvalue weighted by atomic mass is 10.1. The Hall–Kier alpha value is -3.51. The average molecular weight is 607 g/mol. The molecule has 1 saturated heterocycles. The number of thioether (sulfide) groups is 1. The van der Waals surface area contributed by atoms with E-state index in [0.717, 1.165) is 16.7 Å². The molecule has 39 heavy (non-hydrogen) atoms. The van der Waals surface area contributed by atoms with Crippen molar-refractivity contribution in [2.45, 2.75) is 18.4 Å². The van der Waals surface area contributed by atoms with Crippen LogP contribution in [-0.4, -0.2) is 37.5 Å². The number of rotatable bonds is 8. The Morgan fingerprint density at radius 1 is 1.00 bits per heavy atom. The van der Waals surface area contributed by atoms with Gasteiger partial charge in [-0.15, -0.1) is 0 Å². The molecule has 202 valence electrons. The minimum Gasteiger partial charge on any atom is -0.493 e. The van der Waals surface area contributed by atoms with Crippen molar-refractivity contribution in [1.82, 2.24) is 4.90 Å². The molecule has 4 rings (SSSR count). The lowest BCUT2D eigenvalue weighted by molar-refractivity contribution is -0.123. The SMILES string of the molecule is COc1ccc(/C=C2\SC(=O)N(Cc3ccc(Cl)c(Cl)c3)C2=O)cc1OS(=O)(=O)c1ccc(NC(C)=O)cc1. The van der Waals surface area contributed by atoms with E-state index in [-0.39, 0.29) is 33.8 Å². The number of methoxy groups -OCH3 is 1. The first-order chi connectivity index (χ1) is 18.5. The molecular formula is C26H20Cl2N2O7S2. The molecule has 13 heteroatoms. The van der Waals surface area contributed by atoms with Gasteiger partial charge in [0.15, 0.2) is 11.5 Å². The fourth-order valence-corrected chi connectivity index (χ4v) is 5.62. The number of hydrogen-bond donors (Lipinski definition) is 1. The maximum absolute atomic E-state index is 13.0. The Balaban J connectivity index is 1.56. The van der Waals surface area contributed by atoms with Gasteiger partial charge in [0.25, 0.3) is 11.1 Å². The predicted molar refractivity (Wildman–Crippen MR) is 150 cm³/mol. The number of carbonyl (C=O) groups excluding carboxylic acids is 3. The van der Waals surface area contributed by atoms with Crippen LogP contribution in [0.15, 0.2) is 70.5 Å². The Labute approximate surface area is 238 Å². The first-order valence-corrected chi connectivity index (χ1v) is 14.1. The number of anilines is 1. The lowest BCUT2D eigenvalue weighted by Gasteiger charge is -2.13. The monoisotopic (exact) mass is 606 g/mol. The summed E-state index contributed by atoms with van der Waals surface area (Å²) in [6, 6.07) is 14.7. The second kappa shape index (κ2) is 11.7. The van der Waals surface area contributed by atoms with Crippen LogP contribution >= 0.6 is 35.0 Å². The zero-order valence-electron chi connectivity index (χ0n) is 20.4. The van der Waals surface area contributed by atoms with E-state index < -0.39 is 21.3 Å². The third-order valence-electron chi connectivity index (χ3n) is 5.35. The van der Waals surface area contributed by atoms with Gasteiger partial charge in [-0.3, -0.25) is 19.3 Å². The Morgan fingerprint density at radius 3 is 2.36 bits per heavy atom. The summed E-state index contributed by atoms with van der Waals surface area (Å²) >= 11 is 12.7. The molecule has 0 atom stereocenters. The van der Waals surface area contributed by atoms with Crippen molar-refractivity contribution in [3.63, 3.8) is 0 Å². The summed E-state index contributed by atoms with van der Waals surface area (Å²) in [5.74, 6) is -0.789. The molecule has 3 aromatic carbocycles. The molecule has 0 radical (unpaired) electrons. The number of halogens is 2. The smallest absolute Gasteiger partial charge is 0.339 e. The Kier molecular flexibility index (Phi) is 8.55. The molecule has 1 aliphatic heterocycles. The number of amides is 3. The standard InChI is InChI=1S/C26H20Cl2N2O7S2/c1-15(31)29-18-5-7-19(8-6-18)39(34,35)37-23-12-16(4-10-22(23)36-2)13-24-25(32)30(26(33)38-24)14-17-3-9-20(27)21(28)11-17/h3-13H,14H2,1-2H3,(H,29,31)/b24-13-. The van der Waals surface area contributed by atoms with E-state index in [0.29, 0.717) is 26.9 Å². The van der Waals surface area contributed by atoms with Crippen LogP contribution in [0, 0.1) is 0 Å². The summed E-state index contributed by atoms with van der Waals surface area (Å²) in [5.41, 5.74) is 1.46. The minimum absolute atomic E-state index is 0.00877. The highest BCUT2D eigenvalue weighted by atomic mass is 35.5. The van der Waals surface area contributed by atoms with Crippen LogP contribution in [-0.2, 0) is 26.3 Å². The van der Waals surface area contributed by atoms with Crippen LogP contribution in [0.25, 0.3) is 6.08 Å². The molecule has 1 aliphatic rings. The van der Waals surface area contributed by atoms with E-state index in [1.54, 1.807) is 24.3 Å². The number of benzene rings is 3. The van der Waals surface area contributed by atoms with Crippen LogP contribution in [0.1, 0.15) is 18.1 Å². The zero-order valence-corrected chi connectivity index (χ0v) is 23.6. The number of nitrogens with one attached hydrogen (secondary N) is 1. The van der Waals surface area contributed by atoms with Crippen molar-refractivity contribution < 1.29 is 31.7 Å². The molecule has 0 aromatic heterocycles. The fourth-order valence-electron chi connectivity index (χ4n) is 3.53. The van der Waals surface area contributed by atoms with Gasteiger partial charge in [-0.2, -0.15) is 8.42 Å². The number of nitrogens with zero attached hydrogens (tertiary/aromatic N) is 1. The maximum atomic E-state index is 13.0. The second-order valence-electron chi connectivity index (χ2n) is 8.17. The highest BCUT2D eigenvalue weighted by molar-refractivity contribution is 8.18. The van der Waals surface area contributed by atoms with Crippen LogP contribution in [0.4, 0.5) is 10.5 Å². The van der Waals surface area contributed by atoms with E-state index in [4.69, 9.17) is 32.1 Å². The zero-order chi connectivity index (χ0) is 28.3. The molecule has 1 heterocycles. The van der Waals surface area contributed by atoms with Crippen molar-refractivity contribution in [3.05, 3.63) is 86.7 Å². The van der Waals surface area contributed by atoms with E-state index in [9.17, 15) is 22.8 Å². The first kappa shape index (κ1) is 28.5. The fraction of sp³-hybridized carbons (Fsp3) is 0.115. The lowest BCUT2D eigenvalue weighted by Crippen LogP contribution is -2.27. The molecule has 0 unspecified atom stereocenters. The molecule has 9 nitrogen and oxygen atoms in total. The number of carbonyl (C=O) groups is 3. The summed E-state index contributed by atoms with van der Waals surface area (Å²) in [5, 5.41) is 2.75. The predicted octanol–water partition coefficient (Wildman–Crippen LogP) is 5.96. The second-order valence-corrected chi connectivity index (χ2v) is 11.5. The van der Waals surface area contributed by atoms with Gasteiger partial charge in [0.05, 0.1) is 28.6 Å². The van der Waals surface area contributed by atoms with E-state index in [1.807, 2.05) is 0 Å². The van der Waals surface area contributed by atoms with Gasteiger partial charge < -0.3 is 14.2 Å². The number of hydrogen-bond acceptors (Lipinski definition) is 8. The van der Waals surface area contributed by atoms with Gasteiger partial charge in [-0.25, -0.2) is 0 Å². The summed E-state index contributed by atoms with van der Waals surface area (Å²) in [7, 11) is -2.92. The molecule has 1 fully saturated rings. The summed E-state index contributed by atoms with van der Waals surface area (Å²) < 4.78 is 36.4. The van der Waals surface area contributed by atoms with Crippen molar-refractivity contribution in [2.24, 2.45) is 0 Å². The van der Waals surface area contributed by atoms with Crippen LogP contribution in [0.3, 0.4) is 0 Å². The van der Waals surface area contributed by atoms with Crippen LogP contribution in [0.5, 0.6) is 11.5 Å². The summed E-state index contributed by atoms with van der Waals surface area (Å²) in [6.45, 7) is 1.35. The molecule has 0 saturated carbocycles. The molecule has 0 aliphatic carbocycles. The Morgan fingerprint density at radius 2 is 1.72 bits per heavy atom. The van der Waals surface area contributed by atoms with E-state index in [2.05, 4.69) is 5.32 Å². The molecular weight excluding hydrogens is 587 g/mol. The van der Waals surface area contributed by atoms with Gasteiger partial charge in [0.2, 0.25) is 5.91 Å². The Bertz CT molecular complexity index is 1610. The summed E-state index contributed by atoms with van der Waals surface area (Å²) in [6.07, 6.45) is 1.46. The van der Waals surface area contributed by atoms with Gasteiger partial charge in [0, 0.05) is 12.6 Å². The van der Waals surface area contributed by atoms with Gasteiger partial charge in [-0.1, -0.05) is 35.3 Å². The van der Waals surface area contributed by atoms with Crippen molar-refractivity contribution in [2.75, 3.05) is 12.4 Å². The molecule has 3 aromatic rings. The first-order valence-electron chi connectivity index (χ1n) is 11.2. The molecule has 1 N–H and O–H groups in total. The topological polar surface area (TPSA) is 119 Å². The highest BCUT2D eigenvalue weighted by Crippen LogP contribution is 2.36. The molecule has 3 amide bonds. The van der Waals surface area contributed by atoms with Crippen molar-refractivity contribution >= 4 is 73.9 Å². The number of ether oxygens (including phenoxy) is 1. The normalized spacial score (nSPS) is 14.6. The van der Waals surface area contributed by atoms with E-state index in [1.165, 1.54) is 56.5 Å². The van der Waals surface area contributed by atoms with Crippen molar-refractivity contribution in [3.8, 4) is 11.5 Å². The van der Waals surface area contributed by atoms with Gasteiger partial charge >= 0.3 is 10.1 Å². The number of imide groups is 1. The van der Waals surface area contributed by atoms with Crippen LogP contribution < -0.4 is 14.2 Å². The highest BCUT2D eigenvalue weighted by Gasteiger charge is 2.35. The van der Waals surface area contributed by atoms with Crippen molar-refractivity contribution in [1.29, 1.82) is 0 Å². The third kappa shape index (κ3) is 6.74. The third-order valence-corrected chi connectivity index (χ3v) is 8.24. The van der Waals surface area contributed by atoms with Crippen LogP contribution in [0.2, 0.25) is 10.0 Å². The van der Waals surface area contributed by atoms with Gasteiger partial charge in [-0.05, 0) is 77.5 Å². The molecule has 0 bridgehead atoms. The summed E-state index contributed by atoms with van der Waals surface area (Å²) in [4.78, 5) is 37.8. The average Bonchev–Trinajstić information content (AvgIpc) is 3.13.